The van der Waals surface area contributed by atoms with E-state index in [9.17, 15) is 0 Å². The molecule has 0 radical (unpaired) electrons. The molecule has 1 spiro atoms. The van der Waals surface area contributed by atoms with Crippen molar-refractivity contribution in [1.29, 1.82) is 0 Å². The number of nitrogens with zero attached hydrogens (tertiary/aromatic N) is 4. The highest BCUT2D eigenvalue weighted by molar-refractivity contribution is 7.09. The summed E-state index contributed by atoms with van der Waals surface area (Å²) in [5.41, 5.74) is 0.932. The van der Waals surface area contributed by atoms with Crippen LogP contribution in [-0.2, 0) is 16.1 Å². The van der Waals surface area contributed by atoms with Gasteiger partial charge in [-0.15, -0.1) is 11.3 Å². The van der Waals surface area contributed by atoms with Gasteiger partial charge in [-0.2, -0.15) is 0 Å². The molecule has 4 heterocycles. The van der Waals surface area contributed by atoms with E-state index in [0.29, 0.717) is 6.61 Å². The molecule has 4 rings (SSSR count). The smallest absolute Gasteiger partial charge is 0.225 e. The Balaban J connectivity index is 1.31. The lowest BCUT2D eigenvalue weighted by Gasteiger charge is -2.52. The minimum absolute atomic E-state index is 0.0971. The number of aryl methyl sites for hydroxylation is 1. The molecule has 0 aliphatic carbocycles. The molecule has 2 aromatic rings. The van der Waals surface area contributed by atoms with Gasteiger partial charge in [0.1, 0.15) is 5.60 Å². The second kappa shape index (κ2) is 6.14. The second-order valence-electron chi connectivity index (χ2n) is 6.22. The Morgan fingerprint density at radius 3 is 2.96 bits per heavy atom. The van der Waals surface area contributed by atoms with Crippen LogP contribution in [-0.4, -0.2) is 46.4 Å². The molecule has 0 saturated carbocycles. The third-order valence-corrected chi connectivity index (χ3v) is 5.20. The number of thiazole rings is 1. The molecule has 2 fully saturated rings. The summed E-state index contributed by atoms with van der Waals surface area (Å²) in [6.07, 6.45) is 5.67. The SMILES string of the molecule is Cc1nc(COC2CCOC3(C2)CN(c2ncccn2)C3)cs1. The van der Waals surface area contributed by atoms with Crippen molar-refractivity contribution in [2.75, 3.05) is 24.6 Å². The highest BCUT2D eigenvalue weighted by Crippen LogP contribution is 2.36. The largest absolute Gasteiger partial charge is 0.372 e. The Morgan fingerprint density at radius 1 is 1.39 bits per heavy atom. The van der Waals surface area contributed by atoms with Gasteiger partial charge in [0.15, 0.2) is 0 Å². The average molecular weight is 332 g/mol. The van der Waals surface area contributed by atoms with Gasteiger partial charge in [0.2, 0.25) is 5.95 Å². The third-order valence-electron chi connectivity index (χ3n) is 4.37. The van der Waals surface area contributed by atoms with E-state index in [-0.39, 0.29) is 11.7 Å². The van der Waals surface area contributed by atoms with Crippen molar-refractivity contribution >= 4 is 17.3 Å². The van der Waals surface area contributed by atoms with Crippen LogP contribution in [0.15, 0.2) is 23.8 Å². The van der Waals surface area contributed by atoms with Gasteiger partial charge in [0.05, 0.1) is 36.5 Å². The van der Waals surface area contributed by atoms with Gasteiger partial charge < -0.3 is 14.4 Å². The van der Waals surface area contributed by atoms with Gasteiger partial charge in [-0.3, -0.25) is 0 Å². The van der Waals surface area contributed by atoms with Crippen LogP contribution in [0.3, 0.4) is 0 Å². The van der Waals surface area contributed by atoms with Crippen molar-refractivity contribution in [3.8, 4) is 0 Å². The maximum absolute atomic E-state index is 6.07. The van der Waals surface area contributed by atoms with Crippen LogP contribution in [0.5, 0.6) is 0 Å². The number of rotatable bonds is 4. The Kier molecular flexibility index (Phi) is 4.00. The Bertz CT molecular complexity index is 657. The van der Waals surface area contributed by atoms with Crippen molar-refractivity contribution in [3.05, 3.63) is 34.5 Å². The van der Waals surface area contributed by atoms with Gasteiger partial charge in [-0.1, -0.05) is 0 Å². The average Bonchev–Trinajstić information content (AvgIpc) is 2.97. The molecule has 1 atom stereocenters. The van der Waals surface area contributed by atoms with Gasteiger partial charge >= 0.3 is 0 Å². The lowest BCUT2D eigenvalue weighted by Crippen LogP contribution is -2.66. The first-order chi connectivity index (χ1) is 11.2. The number of aromatic nitrogens is 3. The van der Waals surface area contributed by atoms with Crippen molar-refractivity contribution < 1.29 is 9.47 Å². The number of anilines is 1. The molecule has 7 heteroatoms. The van der Waals surface area contributed by atoms with Crippen LogP contribution in [0.1, 0.15) is 23.5 Å². The second-order valence-corrected chi connectivity index (χ2v) is 7.28. The van der Waals surface area contributed by atoms with Crippen LogP contribution in [0.4, 0.5) is 5.95 Å². The van der Waals surface area contributed by atoms with Gasteiger partial charge in [-0.05, 0) is 19.4 Å². The lowest BCUT2D eigenvalue weighted by molar-refractivity contribution is -0.148. The summed E-state index contributed by atoms with van der Waals surface area (Å²) in [4.78, 5) is 15.2. The molecule has 2 aliphatic heterocycles. The van der Waals surface area contributed by atoms with Gasteiger partial charge in [-0.25, -0.2) is 15.0 Å². The monoisotopic (exact) mass is 332 g/mol. The van der Waals surface area contributed by atoms with Crippen molar-refractivity contribution in [3.63, 3.8) is 0 Å². The third kappa shape index (κ3) is 3.22. The summed E-state index contributed by atoms with van der Waals surface area (Å²) >= 11 is 1.67. The number of hydrogen-bond acceptors (Lipinski definition) is 7. The normalized spacial score (nSPS) is 23.0. The van der Waals surface area contributed by atoms with Crippen LogP contribution in [0.25, 0.3) is 0 Å². The molecule has 0 aromatic carbocycles. The first-order valence-corrected chi connectivity index (χ1v) is 8.79. The standard InChI is InChI=1S/C16H20N4O2S/c1-12-19-13(9-23-12)8-21-14-3-6-22-16(7-14)10-20(11-16)15-17-4-2-5-18-15/h2,4-5,9,14H,3,6-8,10-11H2,1H3. The molecule has 2 aliphatic rings. The van der Waals surface area contributed by atoms with Crippen LogP contribution in [0.2, 0.25) is 0 Å². The lowest BCUT2D eigenvalue weighted by atomic mass is 9.85. The first kappa shape index (κ1) is 15.0. The minimum Gasteiger partial charge on any atom is -0.372 e. The summed E-state index contributed by atoms with van der Waals surface area (Å²) in [6, 6.07) is 1.83. The van der Waals surface area contributed by atoms with Gasteiger partial charge in [0, 0.05) is 30.8 Å². The molecule has 2 aromatic heterocycles. The van der Waals surface area contributed by atoms with Crippen LogP contribution < -0.4 is 4.90 Å². The fraction of sp³-hybridized carbons (Fsp3) is 0.562. The maximum atomic E-state index is 6.07. The molecular formula is C16H20N4O2S. The number of ether oxygens (including phenoxy) is 2. The van der Waals surface area contributed by atoms with Crippen LogP contribution in [0, 0.1) is 6.92 Å². The Hall–Kier alpha value is -1.57. The Labute approximate surface area is 139 Å². The van der Waals surface area contributed by atoms with Crippen molar-refractivity contribution in [2.24, 2.45) is 0 Å². The van der Waals surface area contributed by atoms with E-state index < -0.39 is 0 Å². The van der Waals surface area contributed by atoms with E-state index >= 15 is 0 Å². The topological polar surface area (TPSA) is 60.4 Å². The zero-order valence-corrected chi connectivity index (χ0v) is 14.0. The predicted octanol–water partition coefficient (Wildman–Crippen LogP) is 2.20. The van der Waals surface area contributed by atoms with Crippen molar-refractivity contribution in [2.45, 2.75) is 38.1 Å². The fourth-order valence-corrected chi connectivity index (χ4v) is 3.87. The zero-order valence-electron chi connectivity index (χ0n) is 13.1. The summed E-state index contributed by atoms with van der Waals surface area (Å²) < 4.78 is 12.1. The quantitative estimate of drug-likeness (QED) is 0.855. The van der Waals surface area contributed by atoms with E-state index in [1.54, 1.807) is 23.7 Å². The maximum Gasteiger partial charge on any atom is 0.225 e. The molecule has 0 N–H and O–H groups in total. The summed E-state index contributed by atoms with van der Waals surface area (Å²) in [5.74, 6) is 0.780. The molecule has 23 heavy (non-hydrogen) atoms. The summed E-state index contributed by atoms with van der Waals surface area (Å²) in [7, 11) is 0. The first-order valence-electron chi connectivity index (χ1n) is 7.91. The molecular weight excluding hydrogens is 312 g/mol. The molecule has 6 nitrogen and oxygen atoms in total. The predicted molar refractivity (Wildman–Crippen MR) is 87.6 cm³/mol. The van der Waals surface area contributed by atoms with E-state index in [1.807, 2.05) is 13.0 Å². The van der Waals surface area contributed by atoms with E-state index in [2.05, 4.69) is 25.2 Å². The number of hydrogen-bond donors (Lipinski definition) is 0. The van der Waals surface area contributed by atoms with Crippen LogP contribution >= 0.6 is 11.3 Å². The van der Waals surface area contributed by atoms with E-state index in [4.69, 9.17) is 9.47 Å². The van der Waals surface area contributed by atoms with Crippen molar-refractivity contribution in [1.82, 2.24) is 15.0 Å². The Morgan fingerprint density at radius 2 is 2.22 bits per heavy atom. The summed E-state index contributed by atoms with van der Waals surface area (Å²) in [6.45, 7) is 5.05. The molecule has 0 bridgehead atoms. The molecule has 122 valence electrons. The van der Waals surface area contributed by atoms with Gasteiger partial charge in [0.25, 0.3) is 0 Å². The fourth-order valence-electron chi connectivity index (χ4n) is 3.27. The van der Waals surface area contributed by atoms with E-state index in [1.165, 1.54) is 0 Å². The zero-order chi connectivity index (χ0) is 15.7. The minimum atomic E-state index is -0.0971. The molecule has 2 saturated heterocycles. The molecule has 1 unspecified atom stereocenters. The van der Waals surface area contributed by atoms with E-state index in [0.717, 1.165) is 49.2 Å². The molecule has 0 amide bonds. The summed E-state index contributed by atoms with van der Waals surface area (Å²) in [5, 5.41) is 3.16. The highest BCUT2D eigenvalue weighted by atomic mass is 32.1. The highest BCUT2D eigenvalue weighted by Gasteiger charge is 2.48.